The highest BCUT2D eigenvalue weighted by Crippen LogP contribution is 2.41. The van der Waals surface area contributed by atoms with Gasteiger partial charge in [0.25, 0.3) is 0 Å². The second-order valence-corrected chi connectivity index (χ2v) is 13.0. The number of nitrogens with zero attached hydrogens (tertiary/aromatic N) is 6. The van der Waals surface area contributed by atoms with Crippen molar-refractivity contribution in [3.63, 3.8) is 0 Å². The molecule has 2 aromatic heterocycles. The van der Waals surface area contributed by atoms with Crippen molar-refractivity contribution in [3.8, 4) is 29.6 Å². The van der Waals surface area contributed by atoms with E-state index < -0.39 is 23.3 Å². The molecule has 0 spiro atoms. The van der Waals surface area contributed by atoms with Crippen molar-refractivity contribution in [2.75, 3.05) is 44.7 Å². The van der Waals surface area contributed by atoms with Crippen LogP contribution in [0.1, 0.15) is 31.7 Å². The average Bonchev–Trinajstić information content (AvgIpc) is 3.74. The summed E-state index contributed by atoms with van der Waals surface area (Å²) in [7, 11) is 1.84. The summed E-state index contributed by atoms with van der Waals surface area (Å²) in [5.74, 6) is 1.37. The molecule has 8 nitrogen and oxygen atoms in total. The number of benzene rings is 2. The number of likely N-dealkylation sites (N-methyl/N-ethyl adjacent to an activating group) is 1. The summed E-state index contributed by atoms with van der Waals surface area (Å²) in [6.45, 7) is 7.93. The Hall–Kier alpha value is -4.69. The Morgan fingerprint density at radius 3 is 2.85 bits per heavy atom. The number of fused-ring (bicyclic) bond motifs is 3. The number of ether oxygens (including phenoxy) is 1. The van der Waals surface area contributed by atoms with Crippen LogP contribution in [0, 0.1) is 29.9 Å². The number of aromatic nitrogens is 3. The number of rotatable bonds is 7. The van der Waals surface area contributed by atoms with E-state index in [9.17, 15) is 13.6 Å². The van der Waals surface area contributed by atoms with Crippen LogP contribution in [0.2, 0.25) is 0 Å². The predicted molar refractivity (Wildman–Crippen MR) is 175 cm³/mol. The molecule has 0 unspecified atom stereocenters. The highest BCUT2D eigenvalue weighted by Gasteiger charge is 2.49. The number of likely N-dealkylation sites (tertiary alicyclic amines) is 1. The van der Waals surface area contributed by atoms with Gasteiger partial charge in [0, 0.05) is 50.2 Å². The van der Waals surface area contributed by atoms with Gasteiger partial charge in [0.05, 0.1) is 22.5 Å². The van der Waals surface area contributed by atoms with Crippen LogP contribution < -0.4 is 9.64 Å². The van der Waals surface area contributed by atoms with E-state index in [0.717, 1.165) is 19.4 Å². The standard InChI is InChI=1S/C36H35F3N6O2/c1-5-24-27(38)12-11-22-9-7-10-25(30(22)24)32-31(39)33-26(16-40-32)34(43(4)28-19-44(17-21(28)3)29(46)6-2)42-35(41-33)47-20-36-13-8-14-45(36)18-23(37)15-36/h1,6-7,9-12,16,21,23,28H,2,8,13-15,17-20H2,3-4H3/t21-,23-,28-,36+/m1/s1. The van der Waals surface area contributed by atoms with Gasteiger partial charge in [-0.25, -0.2) is 13.2 Å². The lowest BCUT2D eigenvalue weighted by molar-refractivity contribution is -0.125. The molecular weight excluding hydrogens is 605 g/mol. The van der Waals surface area contributed by atoms with Crippen molar-refractivity contribution in [2.24, 2.45) is 5.92 Å². The summed E-state index contributed by atoms with van der Waals surface area (Å²) in [4.78, 5) is 32.1. The number of halogens is 3. The molecule has 0 N–H and O–H groups in total. The van der Waals surface area contributed by atoms with Gasteiger partial charge in [0.15, 0.2) is 5.82 Å². The van der Waals surface area contributed by atoms with Crippen LogP contribution in [-0.2, 0) is 4.79 Å². The van der Waals surface area contributed by atoms with Gasteiger partial charge in [-0.15, -0.1) is 6.42 Å². The van der Waals surface area contributed by atoms with Crippen LogP contribution in [0.3, 0.4) is 0 Å². The summed E-state index contributed by atoms with van der Waals surface area (Å²) in [6.07, 6.45) is 9.65. The normalized spacial score (nSPS) is 24.1. The van der Waals surface area contributed by atoms with Crippen LogP contribution in [-0.4, -0.2) is 88.2 Å². The van der Waals surface area contributed by atoms with Gasteiger partial charge in [-0.05, 0) is 42.8 Å². The second kappa shape index (κ2) is 11.8. The Morgan fingerprint density at radius 2 is 2.06 bits per heavy atom. The van der Waals surface area contributed by atoms with E-state index in [-0.39, 0.29) is 47.3 Å². The van der Waals surface area contributed by atoms with E-state index in [1.807, 2.05) is 18.9 Å². The maximum atomic E-state index is 16.8. The van der Waals surface area contributed by atoms with Crippen LogP contribution in [0.5, 0.6) is 6.01 Å². The number of hydrogen-bond donors (Lipinski definition) is 0. The van der Waals surface area contributed by atoms with E-state index in [1.165, 1.54) is 18.3 Å². The van der Waals surface area contributed by atoms with Crippen molar-refractivity contribution in [1.29, 1.82) is 0 Å². The summed E-state index contributed by atoms with van der Waals surface area (Å²) in [5, 5.41) is 1.36. The van der Waals surface area contributed by atoms with Crippen LogP contribution in [0.15, 0.2) is 49.2 Å². The molecule has 0 saturated carbocycles. The summed E-state index contributed by atoms with van der Waals surface area (Å²) >= 11 is 0. The average molecular weight is 641 g/mol. The van der Waals surface area contributed by atoms with E-state index >= 15 is 4.39 Å². The molecule has 242 valence electrons. The minimum Gasteiger partial charge on any atom is -0.461 e. The van der Waals surface area contributed by atoms with Crippen molar-refractivity contribution < 1.29 is 22.7 Å². The largest absolute Gasteiger partial charge is 0.461 e. The summed E-state index contributed by atoms with van der Waals surface area (Å²) < 4.78 is 52.4. The zero-order valence-corrected chi connectivity index (χ0v) is 26.3. The molecule has 47 heavy (non-hydrogen) atoms. The second-order valence-electron chi connectivity index (χ2n) is 13.0. The Balaban J connectivity index is 1.36. The third-order valence-electron chi connectivity index (χ3n) is 10.2. The number of anilines is 1. The van der Waals surface area contributed by atoms with Gasteiger partial charge >= 0.3 is 6.01 Å². The van der Waals surface area contributed by atoms with Crippen LogP contribution >= 0.6 is 0 Å². The molecule has 3 fully saturated rings. The smallest absolute Gasteiger partial charge is 0.319 e. The first kappa shape index (κ1) is 30.9. The molecule has 0 aliphatic carbocycles. The van der Waals surface area contributed by atoms with E-state index in [1.54, 1.807) is 29.2 Å². The fourth-order valence-corrected chi connectivity index (χ4v) is 7.80. The highest BCUT2D eigenvalue weighted by atomic mass is 19.1. The number of pyridine rings is 1. The highest BCUT2D eigenvalue weighted by molar-refractivity contribution is 6.02. The molecule has 1 amide bonds. The molecule has 2 aromatic carbocycles. The number of amides is 1. The molecule has 4 aromatic rings. The maximum absolute atomic E-state index is 16.8. The molecule has 0 radical (unpaired) electrons. The maximum Gasteiger partial charge on any atom is 0.319 e. The lowest BCUT2D eigenvalue weighted by Crippen LogP contribution is -2.43. The van der Waals surface area contributed by atoms with E-state index in [0.29, 0.717) is 53.6 Å². The fourth-order valence-electron chi connectivity index (χ4n) is 7.80. The first-order valence-electron chi connectivity index (χ1n) is 15.8. The number of hydrogen-bond acceptors (Lipinski definition) is 7. The quantitative estimate of drug-likeness (QED) is 0.194. The number of alkyl halides is 1. The van der Waals surface area contributed by atoms with Gasteiger partial charge in [-0.2, -0.15) is 9.97 Å². The number of carbonyl (C=O) groups is 1. The lowest BCUT2D eigenvalue weighted by atomic mass is 9.95. The molecule has 11 heteroatoms. The zero-order chi connectivity index (χ0) is 33.0. The molecule has 3 saturated heterocycles. The molecule has 3 aliphatic heterocycles. The molecular formula is C36H35F3N6O2. The van der Waals surface area contributed by atoms with Gasteiger partial charge in [-0.3, -0.25) is 14.7 Å². The zero-order valence-electron chi connectivity index (χ0n) is 26.3. The van der Waals surface area contributed by atoms with Crippen molar-refractivity contribution in [3.05, 3.63) is 66.4 Å². The Bertz CT molecular complexity index is 1960. The van der Waals surface area contributed by atoms with Crippen LogP contribution in [0.25, 0.3) is 32.9 Å². The summed E-state index contributed by atoms with van der Waals surface area (Å²) in [6, 6.07) is 7.85. The SMILES string of the molecule is C#Cc1c(F)ccc2cccc(-c3ncc4c(N(C)[C@@H]5CN(C(=O)C=C)C[C@H]5C)nc(OC[C@@]56CCCN5C[C@H](F)C6)nc4c3F)c12. The van der Waals surface area contributed by atoms with Gasteiger partial charge in [-0.1, -0.05) is 43.7 Å². The molecule has 4 atom stereocenters. The number of carbonyl (C=O) groups excluding carboxylic acids is 1. The third-order valence-corrected chi connectivity index (χ3v) is 10.2. The first-order valence-corrected chi connectivity index (χ1v) is 15.8. The van der Waals surface area contributed by atoms with Crippen molar-refractivity contribution in [1.82, 2.24) is 24.8 Å². The van der Waals surface area contributed by atoms with E-state index in [2.05, 4.69) is 27.4 Å². The minimum atomic E-state index is -0.937. The molecule has 7 rings (SSSR count). The molecule has 0 bridgehead atoms. The third kappa shape index (κ3) is 5.15. The molecule has 3 aliphatic rings. The Kier molecular flexibility index (Phi) is 7.79. The Morgan fingerprint density at radius 1 is 1.23 bits per heavy atom. The van der Waals surface area contributed by atoms with Gasteiger partial charge in [0.1, 0.15) is 35.6 Å². The van der Waals surface area contributed by atoms with Crippen molar-refractivity contribution >= 4 is 33.4 Å². The first-order chi connectivity index (χ1) is 22.6. The van der Waals surface area contributed by atoms with Crippen molar-refractivity contribution in [2.45, 2.75) is 43.9 Å². The lowest BCUT2D eigenvalue weighted by Gasteiger charge is -2.31. The monoisotopic (exact) mass is 640 g/mol. The summed E-state index contributed by atoms with van der Waals surface area (Å²) in [5.41, 5.74) is -0.192. The van der Waals surface area contributed by atoms with Gasteiger partial charge in [0.2, 0.25) is 5.91 Å². The fraction of sp³-hybridized carbons (Fsp3) is 0.389. The van der Waals surface area contributed by atoms with E-state index in [4.69, 9.17) is 16.1 Å². The molecule has 5 heterocycles. The van der Waals surface area contributed by atoms with Crippen LogP contribution in [0.4, 0.5) is 19.0 Å². The number of terminal acetylenes is 1. The topological polar surface area (TPSA) is 74.7 Å². The Labute approximate surface area is 271 Å². The van der Waals surface area contributed by atoms with Gasteiger partial charge < -0.3 is 14.5 Å². The minimum absolute atomic E-state index is 0.0171. The predicted octanol–water partition coefficient (Wildman–Crippen LogP) is 5.53.